The molecule has 0 saturated heterocycles. The van der Waals surface area contributed by atoms with Crippen LogP contribution in [0.5, 0.6) is 5.75 Å². The number of carbonyl (C=O) groups is 1. The molecule has 0 bridgehead atoms. The van der Waals surface area contributed by atoms with Crippen LogP contribution in [0, 0.1) is 11.6 Å². The number of hydrogen-bond donors (Lipinski definition) is 3. The first-order valence-electron chi connectivity index (χ1n) is 11.3. The fourth-order valence-electron chi connectivity index (χ4n) is 4.63. The Kier molecular flexibility index (Phi) is 4.90. The van der Waals surface area contributed by atoms with Gasteiger partial charge >= 0.3 is 0 Å². The fraction of sp³-hybridized carbons (Fsp3) is 0.115. The van der Waals surface area contributed by atoms with Crippen LogP contribution < -0.4 is 11.1 Å². The van der Waals surface area contributed by atoms with Gasteiger partial charge in [-0.3, -0.25) is 4.79 Å². The van der Waals surface area contributed by atoms with Gasteiger partial charge in [0, 0.05) is 25.0 Å². The molecule has 11 heteroatoms. The van der Waals surface area contributed by atoms with Crippen LogP contribution in [0.3, 0.4) is 0 Å². The molecule has 0 radical (unpaired) electrons. The van der Waals surface area contributed by atoms with Gasteiger partial charge in [0.1, 0.15) is 28.6 Å². The number of imidazole rings is 1. The summed E-state index contributed by atoms with van der Waals surface area (Å²) in [5, 5.41) is 12.3. The van der Waals surface area contributed by atoms with E-state index in [9.17, 15) is 18.7 Å². The number of anilines is 2. The van der Waals surface area contributed by atoms with Crippen molar-refractivity contribution in [3.05, 3.63) is 95.1 Å². The smallest absolute Gasteiger partial charge is 0.240 e. The summed E-state index contributed by atoms with van der Waals surface area (Å²) in [5.74, 6) is -1.78. The number of rotatable bonds is 4. The van der Waals surface area contributed by atoms with Crippen LogP contribution in [0.2, 0.25) is 0 Å². The van der Waals surface area contributed by atoms with Gasteiger partial charge in [0.25, 0.3) is 0 Å². The van der Waals surface area contributed by atoms with E-state index in [-0.39, 0.29) is 23.3 Å². The van der Waals surface area contributed by atoms with Crippen molar-refractivity contribution in [2.75, 3.05) is 11.1 Å². The summed E-state index contributed by atoms with van der Waals surface area (Å²) in [6.07, 6.45) is 5.47. The Bertz CT molecular complexity index is 1720. The molecule has 5 aromatic rings. The van der Waals surface area contributed by atoms with Crippen molar-refractivity contribution in [3.63, 3.8) is 0 Å². The van der Waals surface area contributed by atoms with Crippen molar-refractivity contribution in [3.8, 4) is 17.3 Å². The molecule has 4 heterocycles. The lowest BCUT2D eigenvalue weighted by Crippen LogP contribution is -2.33. The number of nitrogens with one attached hydrogen (secondary N) is 1. The van der Waals surface area contributed by atoms with Gasteiger partial charge in [-0.25, -0.2) is 28.7 Å². The maximum absolute atomic E-state index is 14.1. The molecular formula is C26H19F2N7O2. The van der Waals surface area contributed by atoms with Gasteiger partial charge < -0.3 is 20.6 Å². The number of phenols is 1. The maximum atomic E-state index is 14.1. The van der Waals surface area contributed by atoms with Crippen LogP contribution in [0.1, 0.15) is 29.3 Å². The lowest BCUT2D eigenvalue weighted by Gasteiger charge is -2.23. The standard InChI is InChI=1S/C26H19F2N7O2/c1-26(14-4-7-19(36)16(28)11-14)20-21(29)32-22(33-23(20)34-25(26)37)18-12-35-9-8-30-24(35)17(31-18)10-13-2-5-15(27)6-3-13/h2-9,11-12,36H,10H2,1H3,(H3,29,32,33,34,37)/t26-/m1/s1. The number of phenolic OH excluding ortho intramolecular Hbond substituents is 1. The molecule has 1 aliphatic heterocycles. The molecule has 0 aliphatic carbocycles. The highest BCUT2D eigenvalue weighted by atomic mass is 19.1. The second-order valence-electron chi connectivity index (χ2n) is 8.94. The number of hydrogen-bond acceptors (Lipinski definition) is 7. The van der Waals surface area contributed by atoms with Crippen LogP contribution in [-0.2, 0) is 16.6 Å². The first-order valence-corrected chi connectivity index (χ1v) is 11.3. The van der Waals surface area contributed by atoms with Crippen molar-refractivity contribution in [2.45, 2.75) is 18.8 Å². The molecule has 6 rings (SSSR count). The van der Waals surface area contributed by atoms with E-state index in [1.54, 1.807) is 42.0 Å². The number of aromatic hydroxyl groups is 1. The summed E-state index contributed by atoms with van der Waals surface area (Å²) < 4.78 is 29.3. The monoisotopic (exact) mass is 499 g/mol. The molecule has 4 N–H and O–H groups in total. The first kappa shape index (κ1) is 22.5. The van der Waals surface area contributed by atoms with Gasteiger partial charge in [0.15, 0.2) is 23.0 Å². The third kappa shape index (κ3) is 3.54. The summed E-state index contributed by atoms with van der Waals surface area (Å²) in [5.41, 5.74) is 8.05. The average Bonchev–Trinajstić information content (AvgIpc) is 3.45. The molecule has 9 nitrogen and oxygen atoms in total. The van der Waals surface area contributed by atoms with E-state index < -0.39 is 22.9 Å². The number of nitrogens with zero attached hydrogens (tertiary/aromatic N) is 5. The number of fused-ring (bicyclic) bond motifs is 2. The van der Waals surface area contributed by atoms with E-state index >= 15 is 0 Å². The summed E-state index contributed by atoms with van der Waals surface area (Å²) in [4.78, 5) is 31.2. The lowest BCUT2D eigenvalue weighted by molar-refractivity contribution is -0.119. The summed E-state index contributed by atoms with van der Waals surface area (Å²) in [7, 11) is 0. The molecule has 0 fully saturated rings. The molecule has 0 spiro atoms. The van der Waals surface area contributed by atoms with Gasteiger partial charge in [0.05, 0.1) is 11.3 Å². The van der Waals surface area contributed by atoms with Crippen molar-refractivity contribution >= 4 is 23.2 Å². The van der Waals surface area contributed by atoms with Gasteiger partial charge in [-0.2, -0.15) is 0 Å². The SMILES string of the molecule is C[C@]1(c2ccc(O)c(F)c2)C(=O)Nc2nc(-c3cn4ccnc4c(Cc4ccc(F)cc4)n3)nc(N)c21. The Hall–Kier alpha value is -4.93. The molecule has 2 aromatic carbocycles. The number of carbonyl (C=O) groups excluding carboxylic acids is 1. The van der Waals surface area contributed by atoms with Crippen LogP contribution in [0.25, 0.3) is 17.2 Å². The summed E-state index contributed by atoms with van der Waals surface area (Å²) >= 11 is 0. The van der Waals surface area contributed by atoms with E-state index in [1.165, 1.54) is 24.3 Å². The zero-order valence-electron chi connectivity index (χ0n) is 19.4. The molecule has 0 unspecified atom stereocenters. The first-order chi connectivity index (χ1) is 17.7. The third-order valence-electron chi connectivity index (χ3n) is 6.61. The van der Waals surface area contributed by atoms with Crippen molar-refractivity contribution in [1.29, 1.82) is 0 Å². The Morgan fingerprint density at radius 2 is 1.89 bits per heavy atom. The van der Waals surface area contributed by atoms with E-state index in [2.05, 4.69) is 20.3 Å². The Morgan fingerprint density at radius 1 is 1.11 bits per heavy atom. The molecule has 0 saturated carbocycles. The number of amides is 1. The molecule has 1 amide bonds. The molecule has 1 aliphatic rings. The van der Waals surface area contributed by atoms with E-state index in [4.69, 9.17) is 10.7 Å². The molecular weight excluding hydrogens is 480 g/mol. The fourth-order valence-corrected chi connectivity index (χ4v) is 4.63. The number of nitrogens with two attached hydrogens (primary N) is 1. The minimum absolute atomic E-state index is 0.0296. The number of aromatic nitrogens is 5. The van der Waals surface area contributed by atoms with E-state index in [0.717, 1.165) is 11.6 Å². The van der Waals surface area contributed by atoms with Crippen molar-refractivity contribution in [2.24, 2.45) is 0 Å². The molecule has 184 valence electrons. The Labute approximate surface area is 208 Å². The second-order valence-corrected chi connectivity index (χ2v) is 8.94. The highest BCUT2D eigenvalue weighted by Gasteiger charge is 2.48. The number of nitrogen functional groups attached to an aromatic ring is 1. The number of halogens is 2. The highest BCUT2D eigenvalue weighted by Crippen LogP contribution is 2.45. The number of benzene rings is 2. The Balaban J connectivity index is 1.45. The zero-order valence-corrected chi connectivity index (χ0v) is 19.4. The Morgan fingerprint density at radius 3 is 2.65 bits per heavy atom. The zero-order chi connectivity index (χ0) is 25.9. The predicted octanol–water partition coefficient (Wildman–Crippen LogP) is 3.60. The second kappa shape index (κ2) is 8.05. The summed E-state index contributed by atoms with van der Waals surface area (Å²) in [6.45, 7) is 1.59. The van der Waals surface area contributed by atoms with Gasteiger partial charge in [0.2, 0.25) is 5.91 Å². The molecule has 37 heavy (non-hydrogen) atoms. The molecule has 1 atom stereocenters. The predicted molar refractivity (Wildman–Crippen MR) is 131 cm³/mol. The van der Waals surface area contributed by atoms with Gasteiger partial charge in [-0.1, -0.05) is 18.2 Å². The van der Waals surface area contributed by atoms with Crippen LogP contribution >= 0.6 is 0 Å². The average molecular weight is 499 g/mol. The van der Waals surface area contributed by atoms with Crippen LogP contribution in [-0.4, -0.2) is 35.4 Å². The van der Waals surface area contributed by atoms with Crippen LogP contribution in [0.15, 0.2) is 61.1 Å². The van der Waals surface area contributed by atoms with E-state index in [1.807, 2.05) is 0 Å². The normalized spacial score (nSPS) is 16.7. The lowest BCUT2D eigenvalue weighted by atomic mass is 9.77. The molecule has 3 aromatic heterocycles. The van der Waals surface area contributed by atoms with Gasteiger partial charge in [-0.05, 0) is 42.3 Å². The van der Waals surface area contributed by atoms with Gasteiger partial charge in [-0.15, -0.1) is 0 Å². The van der Waals surface area contributed by atoms with Crippen molar-refractivity contribution < 1.29 is 18.7 Å². The maximum Gasteiger partial charge on any atom is 0.240 e. The largest absolute Gasteiger partial charge is 0.505 e. The third-order valence-corrected chi connectivity index (χ3v) is 6.61. The van der Waals surface area contributed by atoms with Crippen molar-refractivity contribution in [1.82, 2.24) is 24.3 Å². The van der Waals surface area contributed by atoms with E-state index in [0.29, 0.717) is 34.6 Å². The van der Waals surface area contributed by atoms with Crippen LogP contribution in [0.4, 0.5) is 20.4 Å². The minimum atomic E-state index is -1.37. The quantitative estimate of drug-likeness (QED) is 0.344. The summed E-state index contributed by atoms with van der Waals surface area (Å²) in [6, 6.07) is 9.84. The minimum Gasteiger partial charge on any atom is -0.505 e. The topological polar surface area (TPSA) is 131 Å². The highest BCUT2D eigenvalue weighted by molar-refractivity contribution is 6.09.